The van der Waals surface area contributed by atoms with Crippen molar-refractivity contribution in [1.82, 2.24) is 0 Å². The number of aliphatic hydroxyl groups excluding tert-OH is 1. The average Bonchev–Trinajstić information content (AvgIpc) is 2.19. The van der Waals surface area contributed by atoms with E-state index in [-0.39, 0.29) is 12.3 Å². The molecule has 3 N–H and O–H groups in total. The molecule has 1 fully saturated rings. The van der Waals surface area contributed by atoms with Gasteiger partial charge in [-0.15, -0.1) is 0 Å². The fourth-order valence-electron chi connectivity index (χ4n) is 1.95. The Labute approximate surface area is 94.6 Å². The Bertz CT molecular complexity index is 169. The van der Waals surface area contributed by atoms with E-state index in [4.69, 9.17) is 10.8 Å². The van der Waals surface area contributed by atoms with Gasteiger partial charge in [0, 0.05) is 0 Å². The highest BCUT2D eigenvalue weighted by atomic mass is 16.3. The molecule has 0 aromatic carbocycles. The zero-order valence-electron chi connectivity index (χ0n) is 10.5. The zero-order chi connectivity index (χ0) is 11.8. The van der Waals surface area contributed by atoms with Crippen LogP contribution >= 0.6 is 0 Å². The summed E-state index contributed by atoms with van der Waals surface area (Å²) in [5.74, 6) is 3.00. The van der Waals surface area contributed by atoms with Gasteiger partial charge in [0.15, 0.2) is 0 Å². The van der Waals surface area contributed by atoms with E-state index in [2.05, 4.69) is 27.4 Å². The fraction of sp³-hybridized carbons (Fsp3) is 0.846. The number of rotatable bonds is 2. The van der Waals surface area contributed by atoms with E-state index in [9.17, 15) is 0 Å². The molecule has 0 heterocycles. The van der Waals surface area contributed by atoms with Crippen molar-refractivity contribution in [3.8, 4) is 0 Å². The van der Waals surface area contributed by atoms with Crippen LogP contribution in [0.5, 0.6) is 0 Å². The molecule has 1 rings (SSSR count). The second-order valence-electron chi connectivity index (χ2n) is 5.03. The first-order chi connectivity index (χ1) is 6.97. The molecular weight excluding hydrogens is 186 g/mol. The van der Waals surface area contributed by atoms with Crippen LogP contribution < -0.4 is 5.73 Å². The first kappa shape index (κ1) is 14.5. The third-order valence-corrected chi connectivity index (χ3v) is 3.24. The smallest absolute Gasteiger partial charge is 0.0986 e. The molecule has 0 atom stereocenters. The maximum atomic E-state index is 8.04. The van der Waals surface area contributed by atoms with Crippen molar-refractivity contribution < 1.29 is 5.11 Å². The van der Waals surface area contributed by atoms with Gasteiger partial charge in [-0.25, -0.2) is 0 Å². The molecule has 0 aromatic heterocycles. The van der Waals surface area contributed by atoms with Crippen LogP contribution in [0, 0.1) is 17.8 Å². The van der Waals surface area contributed by atoms with Crippen molar-refractivity contribution in [3.05, 3.63) is 12.3 Å². The number of aliphatic hydroxyl groups is 1. The lowest BCUT2D eigenvalue weighted by molar-refractivity contribution is 0.234. The second kappa shape index (κ2) is 7.75. The summed E-state index contributed by atoms with van der Waals surface area (Å²) in [6, 6.07) is 0. The Kier molecular flexibility index (Phi) is 7.49. The van der Waals surface area contributed by atoms with Crippen molar-refractivity contribution in [2.24, 2.45) is 23.5 Å². The average molecular weight is 213 g/mol. The van der Waals surface area contributed by atoms with Crippen molar-refractivity contribution in [3.63, 3.8) is 0 Å². The van der Waals surface area contributed by atoms with Gasteiger partial charge in [0.25, 0.3) is 0 Å². The second-order valence-corrected chi connectivity index (χ2v) is 5.03. The largest absolute Gasteiger partial charge is 0.512 e. The van der Waals surface area contributed by atoms with E-state index in [1.807, 2.05) is 0 Å². The molecule has 2 heteroatoms. The van der Waals surface area contributed by atoms with Gasteiger partial charge < -0.3 is 10.8 Å². The Morgan fingerprint density at radius 3 is 2.00 bits per heavy atom. The van der Waals surface area contributed by atoms with Crippen molar-refractivity contribution in [2.75, 3.05) is 6.54 Å². The van der Waals surface area contributed by atoms with Crippen LogP contribution in [0.3, 0.4) is 0 Å². The van der Waals surface area contributed by atoms with Crippen LogP contribution in [-0.4, -0.2) is 11.7 Å². The highest BCUT2D eigenvalue weighted by molar-refractivity contribution is 4.78. The first-order valence-electron chi connectivity index (χ1n) is 6.04. The Morgan fingerprint density at radius 2 is 1.73 bits per heavy atom. The number of hydrogen-bond donors (Lipinski definition) is 2. The molecule has 0 amide bonds. The quantitative estimate of drug-likeness (QED) is 0.690. The number of nitrogens with two attached hydrogens (primary N) is 1. The summed E-state index contributed by atoms with van der Waals surface area (Å²) in [4.78, 5) is 0. The summed E-state index contributed by atoms with van der Waals surface area (Å²) in [5.41, 5.74) is 4.82. The Morgan fingerprint density at radius 1 is 1.33 bits per heavy atom. The van der Waals surface area contributed by atoms with Crippen LogP contribution in [0.2, 0.25) is 0 Å². The standard InChI is InChI=1S/C10H20.C3H7NO/c1-8(2)10-6-4-9(3)5-7-10;1-3(5)2-4/h8-10H,4-7H2,1-3H3;5H,1-2,4H2. The third kappa shape index (κ3) is 7.43. The fourth-order valence-corrected chi connectivity index (χ4v) is 1.95. The maximum absolute atomic E-state index is 8.04. The van der Waals surface area contributed by atoms with Crippen LogP contribution in [0.1, 0.15) is 46.5 Å². The van der Waals surface area contributed by atoms with E-state index < -0.39 is 0 Å². The minimum Gasteiger partial charge on any atom is -0.512 e. The molecule has 0 saturated heterocycles. The molecule has 1 saturated carbocycles. The van der Waals surface area contributed by atoms with Crippen LogP contribution in [0.4, 0.5) is 0 Å². The summed E-state index contributed by atoms with van der Waals surface area (Å²) in [6.45, 7) is 10.4. The van der Waals surface area contributed by atoms with Crippen molar-refractivity contribution >= 4 is 0 Å². The summed E-state index contributed by atoms with van der Waals surface area (Å²) in [6.07, 6.45) is 5.92. The molecule has 0 bridgehead atoms. The Balaban J connectivity index is 0.000000336. The molecule has 0 aliphatic heterocycles. The highest BCUT2D eigenvalue weighted by Crippen LogP contribution is 2.32. The van der Waals surface area contributed by atoms with E-state index in [0.717, 1.165) is 17.8 Å². The summed E-state index contributed by atoms with van der Waals surface area (Å²) < 4.78 is 0. The van der Waals surface area contributed by atoms with E-state index in [1.54, 1.807) is 0 Å². The Hall–Kier alpha value is -0.500. The number of hydrogen-bond acceptors (Lipinski definition) is 2. The molecule has 90 valence electrons. The van der Waals surface area contributed by atoms with Gasteiger partial charge in [-0.1, -0.05) is 40.2 Å². The van der Waals surface area contributed by atoms with Crippen LogP contribution in [0.15, 0.2) is 12.3 Å². The molecule has 0 spiro atoms. The SMILES string of the molecule is C=C(O)CN.CC1CCC(C(C)C)CC1. The maximum Gasteiger partial charge on any atom is 0.0986 e. The lowest BCUT2D eigenvalue weighted by Gasteiger charge is -2.28. The lowest BCUT2D eigenvalue weighted by Crippen LogP contribution is -2.16. The van der Waals surface area contributed by atoms with Gasteiger partial charge >= 0.3 is 0 Å². The van der Waals surface area contributed by atoms with Gasteiger partial charge in [0.2, 0.25) is 0 Å². The summed E-state index contributed by atoms with van der Waals surface area (Å²) >= 11 is 0. The molecule has 15 heavy (non-hydrogen) atoms. The molecule has 0 radical (unpaired) electrons. The topological polar surface area (TPSA) is 46.2 Å². The third-order valence-electron chi connectivity index (χ3n) is 3.24. The monoisotopic (exact) mass is 213 g/mol. The first-order valence-corrected chi connectivity index (χ1v) is 6.04. The van der Waals surface area contributed by atoms with Gasteiger partial charge in [0.1, 0.15) is 0 Å². The van der Waals surface area contributed by atoms with Crippen LogP contribution in [0.25, 0.3) is 0 Å². The predicted octanol–water partition coefficient (Wildman–Crippen LogP) is 3.49. The lowest BCUT2D eigenvalue weighted by atomic mass is 9.78. The van der Waals surface area contributed by atoms with Crippen LogP contribution in [-0.2, 0) is 0 Å². The molecule has 0 unspecified atom stereocenters. The minimum atomic E-state index is 0.0324. The van der Waals surface area contributed by atoms with E-state index in [1.165, 1.54) is 25.7 Å². The van der Waals surface area contributed by atoms with Crippen molar-refractivity contribution in [2.45, 2.75) is 46.5 Å². The van der Waals surface area contributed by atoms with E-state index >= 15 is 0 Å². The van der Waals surface area contributed by atoms with Crippen molar-refractivity contribution in [1.29, 1.82) is 0 Å². The molecular formula is C13H27NO. The normalized spacial score (nSPS) is 25.7. The van der Waals surface area contributed by atoms with Gasteiger partial charge in [-0.3, -0.25) is 0 Å². The summed E-state index contributed by atoms with van der Waals surface area (Å²) in [5, 5.41) is 8.04. The predicted molar refractivity (Wildman–Crippen MR) is 66.8 cm³/mol. The molecule has 2 nitrogen and oxygen atoms in total. The van der Waals surface area contributed by atoms with Gasteiger partial charge in [-0.05, 0) is 30.6 Å². The molecule has 1 aliphatic rings. The van der Waals surface area contributed by atoms with Gasteiger partial charge in [-0.2, -0.15) is 0 Å². The summed E-state index contributed by atoms with van der Waals surface area (Å²) in [7, 11) is 0. The molecule has 1 aliphatic carbocycles. The van der Waals surface area contributed by atoms with E-state index in [0.29, 0.717) is 0 Å². The van der Waals surface area contributed by atoms with Gasteiger partial charge in [0.05, 0.1) is 12.3 Å². The molecule has 0 aromatic rings. The minimum absolute atomic E-state index is 0.0324. The zero-order valence-corrected chi connectivity index (χ0v) is 10.5. The highest BCUT2D eigenvalue weighted by Gasteiger charge is 2.19.